The lowest BCUT2D eigenvalue weighted by molar-refractivity contribution is 0.101. The average Bonchev–Trinajstić information content (AvgIpc) is 3.04. The van der Waals surface area contributed by atoms with Gasteiger partial charge in [-0.25, -0.2) is 9.07 Å². The summed E-state index contributed by atoms with van der Waals surface area (Å²) in [7, 11) is 1.45. The van der Waals surface area contributed by atoms with Crippen LogP contribution in [-0.4, -0.2) is 22.8 Å². The number of hydrogen-bond acceptors (Lipinski definition) is 3. The van der Waals surface area contributed by atoms with Crippen molar-refractivity contribution in [2.24, 2.45) is 0 Å². The maximum atomic E-state index is 13.1. The molecule has 0 aliphatic rings. The van der Waals surface area contributed by atoms with Crippen molar-refractivity contribution in [3.8, 4) is 11.4 Å². The molecule has 1 amide bonds. The van der Waals surface area contributed by atoms with Crippen molar-refractivity contribution in [2.75, 3.05) is 12.4 Å². The number of carbonyl (C=O) groups excluding carboxylic acids is 1. The number of ether oxygens (including phenoxy) is 1. The summed E-state index contributed by atoms with van der Waals surface area (Å²) in [6, 6.07) is 11.0. The van der Waals surface area contributed by atoms with Crippen LogP contribution in [0.25, 0.3) is 5.69 Å². The standard InChI is InChI=1S/C18H15ClFN3O2/c1-11-14(19)4-3-5-15(11)21-18(24)17-16(25-2)10-23(22-17)13-8-6-12(20)7-9-13/h3-10H,1-2H3,(H,21,24). The minimum Gasteiger partial charge on any atom is -0.493 e. The van der Waals surface area contributed by atoms with E-state index in [1.165, 1.54) is 23.9 Å². The Morgan fingerprint density at radius 1 is 1.24 bits per heavy atom. The Balaban J connectivity index is 1.92. The molecule has 5 nitrogen and oxygen atoms in total. The highest BCUT2D eigenvalue weighted by atomic mass is 35.5. The summed E-state index contributed by atoms with van der Waals surface area (Å²) in [5.41, 5.74) is 2.08. The van der Waals surface area contributed by atoms with Gasteiger partial charge in [0.05, 0.1) is 19.0 Å². The highest BCUT2D eigenvalue weighted by Crippen LogP contribution is 2.25. The Morgan fingerprint density at radius 2 is 1.96 bits per heavy atom. The summed E-state index contributed by atoms with van der Waals surface area (Å²) in [5.74, 6) is -0.471. The van der Waals surface area contributed by atoms with Crippen LogP contribution >= 0.6 is 11.6 Å². The van der Waals surface area contributed by atoms with E-state index in [1.807, 2.05) is 6.92 Å². The molecule has 0 saturated carbocycles. The third kappa shape index (κ3) is 3.49. The van der Waals surface area contributed by atoms with Crippen LogP contribution in [0.4, 0.5) is 10.1 Å². The Hall–Kier alpha value is -2.86. The van der Waals surface area contributed by atoms with Crippen molar-refractivity contribution in [3.05, 3.63) is 70.8 Å². The number of amides is 1. The maximum absolute atomic E-state index is 13.1. The second-order valence-electron chi connectivity index (χ2n) is 5.33. The van der Waals surface area contributed by atoms with E-state index in [2.05, 4.69) is 10.4 Å². The van der Waals surface area contributed by atoms with Gasteiger partial charge in [0.1, 0.15) is 5.82 Å². The molecule has 128 valence electrons. The van der Waals surface area contributed by atoms with Gasteiger partial charge in [-0.3, -0.25) is 4.79 Å². The lowest BCUT2D eigenvalue weighted by Gasteiger charge is -2.08. The number of rotatable bonds is 4. The van der Waals surface area contributed by atoms with Crippen LogP contribution in [0.1, 0.15) is 16.1 Å². The Bertz CT molecular complexity index is 923. The highest BCUT2D eigenvalue weighted by Gasteiger charge is 2.19. The molecule has 7 heteroatoms. The van der Waals surface area contributed by atoms with E-state index in [1.54, 1.807) is 36.5 Å². The molecule has 3 rings (SSSR count). The van der Waals surface area contributed by atoms with Crippen LogP contribution in [0.2, 0.25) is 5.02 Å². The van der Waals surface area contributed by atoms with Gasteiger partial charge < -0.3 is 10.1 Å². The summed E-state index contributed by atoms with van der Waals surface area (Å²) >= 11 is 6.07. The number of halogens is 2. The van der Waals surface area contributed by atoms with E-state index in [9.17, 15) is 9.18 Å². The van der Waals surface area contributed by atoms with Crippen LogP contribution in [0, 0.1) is 12.7 Å². The lowest BCUT2D eigenvalue weighted by Crippen LogP contribution is -2.15. The molecular weight excluding hydrogens is 345 g/mol. The van der Waals surface area contributed by atoms with Crippen molar-refractivity contribution >= 4 is 23.2 Å². The normalized spacial score (nSPS) is 10.6. The maximum Gasteiger partial charge on any atom is 0.280 e. The molecule has 0 fully saturated rings. The summed E-state index contributed by atoms with van der Waals surface area (Å²) in [5, 5.41) is 7.59. The number of hydrogen-bond donors (Lipinski definition) is 1. The largest absolute Gasteiger partial charge is 0.493 e. The summed E-state index contributed by atoms with van der Waals surface area (Å²) in [6.45, 7) is 1.81. The second-order valence-corrected chi connectivity index (χ2v) is 5.74. The van der Waals surface area contributed by atoms with Gasteiger partial charge in [0.2, 0.25) is 0 Å². The van der Waals surface area contributed by atoms with E-state index in [0.717, 1.165) is 5.56 Å². The van der Waals surface area contributed by atoms with Gasteiger partial charge in [0.15, 0.2) is 11.4 Å². The minimum absolute atomic E-state index is 0.117. The molecule has 0 saturated heterocycles. The zero-order chi connectivity index (χ0) is 18.0. The van der Waals surface area contributed by atoms with Gasteiger partial charge in [-0.05, 0) is 48.9 Å². The number of aromatic nitrogens is 2. The van der Waals surface area contributed by atoms with Gasteiger partial charge >= 0.3 is 0 Å². The summed E-state index contributed by atoms with van der Waals surface area (Å²) < 4.78 is 19.8. The molecule has 2 aromatic carbocycles. The van der Waals surface area contributed by atoms with E-state index in [4.69, 9.17) is 16.3 Å². The highest BCUT2D eigenvalue weighted by molar-refractivity contribution is 6.31. The predicted molar refractivity (Wildman–Crippen MR) is 94.2 cm³/mol. The number of nitrogens with zero attached hydrogens (tertiary/aromatic N) is 2. The molecule has 0 atom stereocenters. The monoisotopic (exact) mass is 359 g/mol. The molecule has 0 unspecified atom stereocenters. The molecule has 1 aromatic heterocycles. The van der Waals surface area contributed by atoms with Crippen molar-refractivity contribution < 1.29 is 13.9 Å². The summed E-state index contributed by atoms with van der Waals surface area (Å²) in [6.07, 6.45) is 1.56. The topological polar surface area (TPSA) is 56.2 Å². The number of nitrogens with one attached hydrogen (secondary N) is 1. The first-order chi connectivity index (χ1) is 12.0. The van der Waals surface area contributed by atoms with Crippen LogP contribution < -0.4 is 10.1 Å². The van der Waals surface area contributed by atoms with Gasteiger partial charge in [-0.15, -0.1) is 0 Å². The van der Waals surface area contributed by atoms with Crippen LogP contribution in [0.15, 0.2) is 48.7 Å². The SMILES string of the molecule is COc1cn(-c2ccc(F)cc2)nc1C(=O)Nc1cccc(Cl)c1C. The summed E-state index contributed by atoms with van der Waals surface area (Å²) in [4.78, 5) is 12.6. The van der Waals surface area contributed by atoms with Gasteiger partial charge in [0, 0.05) is 10.7 Å². The lowest BCUT2D eigenvalue weighted by atomic mass is 10.2. The van der Waals surface area contributed by atoms with Crippen LogP contribution in [0.3, 0.4) is 0 Å². The van der Waals surface area contributed by atoms with E-state index < -0.39 is 5.91 Å². The Kier molecular flexibility index (Phi) is 4.72. The third-order valence-corrected chi connectivity index (χ3v) is 4.13. The molecule has 1 N–H and O–H groups in total. The molecule has 25 heavy (non-hydrogen) atoms. The Morgan fingerprint density at radius 3 is 2.64 bits per heavy atom. The van der Waals surface area contributed by atoms with Crippen molar-refractivity contribution in [3.63, 3.8) is 0 Å². The van der Waals surface area contributed by atoms with Crippen molar-refractivity contribution in [2.45, 2.75) is 6.92 Å². The molecular formula is C18H15ClFN3O2. The molecule has 0 radical (unpaired) electrons. The molecule has 0 aliphatic heterocycles. The molecule has 3 aromatic rings. The fourth-order valence-corrected chi connectivity index (χ4v) is 2.49. The number of anilines is 1. The van der Waals surface area contributed by atoms with Crippen LogP contribution in [-0.2, 0) is 0 Å². The number of carbonyl (C=O) groups is 1. The van der Waals surface area contributed by atoms with Gasteiger partial charge in [-0.2, -0.15) is 5.10 Å². The van der Waals surface area contributed by atoms with Crippen molar-refractivity contribution in [1.82, 2.24) is 9.78 Å². The molecule has 0 aliphatic carbocycles. The van der Waals surface area contributed by atoms with E-state index >= 15 is 0 Å². The zero-order valence-electron chi connectivity index (χ0n) is 13.6. The fourth-order valence-electron chi connectivity index (χ4n) is 2.32. The van der Waals surface area contributed by atoms with Crippen molar-refractivity contribution in [1.29, 1.82) is 0 Å². The first-order valence-electron chi connectivity index (χ1n) is 7.45. The molecule has 0 spiro atoms. The third-order valence-electron chi connectivity index (χ3n) is 3.72. The van der Waals surface area contributed by atoms with Crippen LogP contribution in [0.5, 0.6) is 5.75 Å². The average molecular weight is 360 g/mol. The Labute approximate surface area is 149 Å². The van der Waals surface area contributed by atoms with Gasteiger partial charge in [0.25, 0.3) is 5.91 Å². The minimum atomic E-state index is -0.428. The molecule has 0 bridgehead atoms. The first-order valence-corrected chi connectivity index (χ1v) is 7.83. The first kappa shape index (κ1) is 17.0. The smallest absolute Gasteiger partial charge is 0.280 e. The van der Waals surface area contributed by atoms with Gasteiger partial charge in [-0.1, -0.05) is 17.7 Å². The van der Waals surface area contributed by atoms with E-state index in [0.29, 0.717) is 22.1 Å². The number of benzene rings is 2. The second kappa shape index (κ2) is 6.94. The number of methoxy groups -OCH3 is 1. The zero-order valence-corrected chi connectivity index (χ0v) is 14.3. The predicted octanol–water partition coefficient (Wildman–Crippen LogP) is 4.23. The fraction of sp³-hybridized carbons (Fsp3) is 0.111. The quantitative estimate of drug-likeness (QED) is 0.758. The van der Waals surface area contributed by atoms with E-state index in [-0.39, 0.29) is 11.5 Å². The molecule has 1 heterocycles.